The third-order valence-electron chi connectivity index (χ3n) is 1.77. The zero-order valence-corrected chi connectivity index (χ0v) is 7.58. The fourth-order valence-electron chi connectivity index (χ4n) is 1.06. The van der Waals surface area contributed by atoms with Crippen LogP contribution in [0.2, 0.25) is 0 Å². The molecule has 1 rings (SSSR count). The van der Waals surface area contributed by atoms with Crippen molar-refractivity contribution in [3.63, 3.8) is 0 Å². The molecule has 1 aromatic rings. The van der Waals surface area contributed by atoms with Gasteiger partial charge in [-0.1, -0.05) is 12.1 Å². The van der Waals surface area contributed by atoms with Crippen LogP contribution >= 0.6 is 0 Å². The van der Waals surface area contributed by atoms with Crippen molar-refractivity contribution >= 4 is 11.8 Å². The highest BCUT2D eigenvalue weighted by Crippen LogP contribution is 2.11. The second kappa shape index (κ2) is 5.25. The zero-order chi connectivity index (χ0) is 9.52. The molecule has 0 atom stereocenters. The second-order valence-electron chi connectivity index (χ2n) is 2.72. The maximum absolute atomic E-state index is 9.93. The molecule has 0 aliphatic carbocycles. The van der Waals surface area contributed by atoms with Gasteiger partial charge in [-0.05, 0) is 37.7 Å². The minimum Gasteiger partial charge on any atom is -0.319 e. The fourth-order valence-corrected chi connectivity index (χ4v) is 1.06. The molecule has 0 aromatic heterocycles. The lowest BCUT2D eigenvalue weighted by Crippen LogP contribution is -2.09. The summed E-state index contributed by atoms with van der Waals surface area (Å²) < 4.78 is 0. The van der Waals surface area contributed by atoms with Gasteiger partial charge in [-0.3, -0.25) is 0 Å². The maximum Gasteiger partial charge on any atom is 0.240 e. The minimum atomic E-state index is 0.656. The van der Waals surface area contributed by atoms with Crippen LogP contribution in [0.25, 0.3) is 0 Å². The van der Waals surface area contributed by atoms with Gasteiger partial charge in [0, 0.05) is 0 Å². The Labute approximate surface area is 77.5 Å². The van der Waals surface area contributed by atoms with Crippen LogP contribution in [0.4, 0.5) is 5.69 Å². The standard InChI is InChI=1S/C10H12N2O/c1-11-7-6-9-2-4-10(5-3-9)12-8-13/h2-5,11H,6-7H2,1H3. The summed E-state index contributed by atoms with van der Waals surface area (Å²) in [5.41, 5.74) is 1.89. The Balaban J connectivity index is 2.63. The van der Waals surface area contributed by atoms with Gasteiger partial charge in [0.25, 0.3) is 0 Å². The summed E-state index contributed by atoms with van der Waals surface area (Å²) in [5, 5.41) is 3.07. The Hall–Kier alpha value is -1.44. The summed E-state index contributed by atoms with van der Waals surface area (Å²) in [5.74, 6) is 0. The smallest absolute Gasteiger partial charge is 0.240 e. The fraction of sp³-hybridized carbons (Fsp3) is 0.300. The Morgan fingerprint density at radius 3 is 2.62 bits per heavy atom. The first-order valence-electron chi connectivity index (χ1n) is 4.18. The summed E-state index contributed by atoms with van der Waals surface area (Å²) in [4.78, 5) is 13.4. The third kappa shape index (κ3) is 3.20. The van der Waals surface area contributed by atoms with Crippen molar-refractivity contribution in [1.29, 1.82) is 0 Å². The van der Waals surface area contributed by atoms with E-state index >= 15 is 0 Å². The van der Waals surface area contributed by atoms with Gasteiger partial charge in [-0.2, -0.15) is 4.99 Å². The molecule has 68 valence electrons. The van der Waals surface area contributed by atoms with Crippen molar-refractivity contribution in [3.05, 3.63) is 29.8 Å². The third-order valence-corrected chi connectivity index (χ3v) is 1.77. The number of nitrogens with zero attached hydrogens (tertiary/aromatic N) is 1. The largest absolute Gasteiger partial charge is 0.319 e. The Morgan fingerprint density at radius 2 is 2.08 bits per heavy atom. The van der Waals surface area contributed by atoms with Gasteiger partial charge >= 0.3 is 0 Å². The Morgan fingerprint density at radius 1 is 1.38 bits per heavy atom. The van der Waals surface area contributed by atoms with E-state index in [9.17, 15) is 4.79 Å². The zero-order valence-electron chi connectivity index (χ0n) is 7.58. The summed E-state index contributed by atoms with van der Waals surface area (Å²) in [7, 11) is 1.92. The van der Waals surface area contributed by atoms with Crippen LogP contribution in [0.15, 0.2) is 29.3 Å². The van der Waals surface area contributed by atoms with Gasteiger partial charge in [0.05, 0.1) is 5.69 Å². The van der Waals surface area contributed by atoms with E-state index in [0.717, 1.165) is 13.0 Å². The molecule has 3 nitrogen and oxygen atoms in total. The highest BCUT2D eigenvalue weighted by atomic mass is 16.1. The minimum absolute atomic E-state index is 0.656. The Bertz CT molecular complexity index is 299. The van der Waals surface area contributed by atoms with Gasteiger partial charge in [0.1, 0.15) is 0 Å². The number of hydrogen-bond acceptors (Lipinski definition) is 3. The molecule has 0 saturated heterocycles. The molecular weight excluding hydrogens is 164 g/mol. The molecule has 1 N–H and O–H groups in total. The van der Waals surface area contributed by atoms with Crippen molar-refractivity contribution in [1.82, 2.24) is 5.32 Å². The summed E-state index contributed by atoms with van der Waals surface area (Å²) in [6, 6.07) is 7.56. The first-order valence-corrected chi connectivity index (χ1v) is 4.18. The first-order chi connectivity index (χ1) is 6.36. The van der Waals surface area contributed by atoms with E-state index in [0.29, 0.717) is 5.69 Å². The molecule has 0 amide bonds. The number of hydrogen-bond donors (Lipinski definition) is 1. The van der Waals surface area contributed by atoms with Crippen LogP contribution < -0.4 is 5.32 Å². The van der Waals surface area contributed by atoms with E-state index in [1.165, 1.54) is 11.6 Å². The number of benzene rings is 1. The van der Waals surface area contributed by atoms with Gasteiger partial charge in [-0.25, -0.2) is 4.79 Å². The molecule has 0 heterocycles. The average Bonchev–Trinajstić information content (AvgIpc) is 2.17. The molecule has 0 bridgehead atoms. The number of isocyanates is 1. The monoisotopic (exact) mass is 176 g/mol. The molecule has 0 aliphatic heterocycles. The topological polar surface area (TPSA) is 41.5 Å². The lowest BCUT2D eigenvalue weighted by Gasteiger charge is -1.99. The number of carbonyl (C=O) groups excluding carboxylic acids is 1. The molecule has 13 heavy (non-hydrogen) atoms. The van der Waals surface area contributed by atoms with E-state index in [1.807, 2.05) is 31.3 Å². The first kappa shape index (κ1) is 9.65. The van der Waals surface area contributed by atoms with Gasteiger partial charge < -0.3 is 5.32 Å². The lowest BCUT2D eigenvalue weighted by molar-refractivity contribution is 0.565. The van der Waals surface area contributed by atoms with Crippen LogP contribution in [-0.4, -0.2) is 19.7 Å². The highest BCUT2D eigenvalue weighted by Gasteiger charge is 1.92. The summed E-state index contributed by atoms with van der Waals surface area (Å²) in [6.45, 7) is 0.955. The number of nitrogens with one attached hydrogen (secondary N) is 1. The van der Waals surface area contributed by atoms with E-state index in [1.54, 1.807) is 0 Å². The average molecular weight is 176 g/mol. The molecule has 0 spiro atoms. The highest BCUT2D eigenvalue weighted by molar-refractivity contribution is 5.49. The molecule has 0 aliphatic rings. The van der Waals surface area contributed by atoms with Crippen molar-refractivity contribution in [2.75, 3.05) is 13.6 Å². The maximum atomic E-state index is 9.93. The summed E-state index contributed by atoms with van der Waals surface area (Å²) in [6.07, 6.45) is 2.50. The van der Waals surface area contributed by atoms with Crippen molar-refractivity contribution in [2.45, 2.75) is 6.42 Å². The molecule has 0 radical (unpaired) electrons. The molecule has 0 fully saturated rings. The van der Waals surface area contributed by atoms with Crippen molar-refractivity contribution in [2.24, 2.45) is 4.99 Å². The number of likely N-dealkylation sites (N-methyl/N-ethyl adjacent to an activating group) is 1. The predicted octanol–water partition coefficient (Wildman–Crippen LogP) is 1.42. The van der Waals surface area contributed by atoms with Crippen molar-refractivity contribution in [3.8, 4) is 0 Å². The predicted molar refractivity (Wildman–Crippen MR) is 51.9 cm³/mol. The molecule has 1 aromatic carbocycles. The normalized spacial score (nSPS) is 9.31. The molecular formula is C10H12N2O. The van der Waals surface area contributed by atoms with Crippen LogP contribution in [0, 0.1) is 0 Å². The van der Waals surface area contributed by atoms with E-state index < -0.39 is 0 Å². The van der Waals surface area contributed by atoms with Crippen LogP contribution in [-0.2, 0) is 11.2 Å². The molecule has 0 unspecified atom stereocenters. The quantitative estimate of drug-likeness (QED) is 0.556. The van der Waals surface area contributed by atoms with E-state index in [-0.39, 0.29) is 0 Å². The van der Waals surface area contributed by atoms with Crippen LogP contribution in [0.3, 0.4) is 0 Å². The van der Waals surface area contributed by atoms with E-state index in [4.69, 9.17) is 0 Å². The lowest BCUT2D eigenvalue weighted by atomic mass is 10.1. The number of rotatable bonds is 4. The van der Waals surface area contributed by atoms with E-state index in [2.05, 4.69) is 10.3 Å². The van der Waals surface area contributed by atoms with Crippen LogP contribution in [0.5, 0.6) is 0 Å². The molecule has 3 heteroatoms. The van der Waals surface area contributed by atoms with Gasteiger partial charge in [-0.15, -0.1) is 0 Å². The molecule has 0 saturated carbocycles. The second-order valence-corrected chi connectivity index (χ2v) is 2.72. The van der Waals surface area contributed by atoms with Gasteiger partial charge in [0.15, 0.2) is 0 Å². The Kier molecular flexibility index (Phi) is 3.89. The van der Waals surface area contributed by atoms with Gasteiger partial charge in [0.2, 0.25) is 6.08 Å². The SMILES string of the molecule is CNCCc1ccc(N=C=O)cc1. The van der Waals surface area contributed by atoms with Crippen LogP contribution in [0.1, 0.15) is 5.56 Å². The summed E-state index contributed by atoms with van der Waals surface area (Å²) >= 11 is 0. The van der Waals surface area contributed by atoms with Crippen molar-refractivity contribution < 1.29 is 4.79 Å². The number of aliphatic imine (C=N–C) groups is 1.